The van der Waals surface area contributed by atoms with Crippen LogP contribution < -0.4 is 5.32 Å². The molecule has 1 saturated heterocycles. The van der Waals surface area contributed by atoms with Gasteiger partial charge in [-0.3, -0.25) is 9.59 Å². The van der Waals surface area contributed by atoms with E-state index in [0.29, 0.717) is 24.9 Å². The summed E-state index contributed by atoms with van der Waals surface area (Å²) in [6.07, 6.45) is -0.730. The van der Waals surface area contributed by atoms with Crippen molar-refractivity contribution in [1.82, 2.24) is 4.90 Å². The summed E-state index contributed by atoms with van der Waals surface area (Å²) < 4.78 is 43.7. The van der Waals surface area contributed by atoms with Crippen LogP contribution in [-0.4, -0.2) is 29.8 Å². The van der Waals surface area contributed by atoms with Gasteiger partial charge in [-0.2, -0.15) is 13.2 Å². The highest BCUT2D eigenvalue weighted by Gasteiger charge is 2.34. The molecule has 1 aromatic carbocycles. The number of amides is 2. The third kappa shape index (κ3) is 4.44. The van der Waals surface area contributed by atoms with E-state index in [1.807, 2.05) is 0 Å². The zero-order chi connectivity index (χ0) is 19.6. The lowest BCUT2D eigenvalue weighted by atomic mass is 9.96. The first-order chi connectivity index (χ1) is 12.8. The summed E-state index contributed by atoms with van der Waals surface area (Å²) in [5.41, 5.74) is -0.610. The van der Waals surface area contributed by atoms with Gasteiger partial charge in [0.05, 0.1) is 28.3 Å². The van der Waals surface area contributed by atoms with Gasteiger partial charge in [-0.1, -0.05) is 11.6 Å². The quantitative estimate of drug-likeness (QED) is 0.828. The largest absolute Gasteiger partial charge is 0.472 e. The predicted molar refractivity (Wildman–Crippen MR) is 92.4 cm³/mol. The van der Waals surface area contributed by atoms with E-state index in [1.54, 1.807) is 11.0 Å². The van der Waals surface area contributed by atoms with Gasteiger partial charge in [0, 0.05) is 18.8 Å². The molecule has 1 fully saturated rings. The minimum Gasteiger partial charge on any atom is -0.472 e. The smallest absolute Gasteiger partial charge is 0.417 e. The van der Waals surface area contributed by atoms with Crippen LogP contribution in [0.1, 0.15) is 28.8 Å². The maximum atomic E-state index is 12.9. The van der Waals surface area contributed by atoms with E-state index in [4.69, 9.17) is 16.0 Å². The first-order valence-electron chi connectivity index (χ1n) is 8.25. The van der Waals surface area contributed by atoms with Crippen LogP contribution in [0.2, 0.25) is 5.02 Å². The van der Waals surface area contributed by atoms with E-state index in [1.165, 1.54) is 18.6 Å². The second-order valence-electron chi connectivity index (χ2n) is 6.28. The van der Waals surface area contributed by atoms with Crippen molar-refractivity contribution < 1.29 is 27.2 Å². The Morgan fingerprint density at radius 1 is 1.26 bits per heavy atom. The Balaban J connectivity index is 1.68. The van der Waals surface area contributed by atoms with Crippen molar-refractivity contribution in [1.29, 1.82) is 0 Å². The second-order valence-corrected chi connectivity index (χ2v) is 6.69. The Bertz CT molecular complexity index is 837. The highest BCUT2D eigenvalue weighted by Crippen LogP contribution is 2.36. The van der Waals surface area contributed by atoms with Crippen molar-refractivity contribution in [2.75, 3.05) is 18.4 Å². The molecule has 2 heterocycles. The summed E-state index contributed by atoms with van der Waals surface area (Å²) in [6, 6.07) is 4.75. The maximum Gasteiger partial charge on any atom is 0.417 e. The Kier molecular flexibility index (Phi) is 5.46. The van der Waals surface area contributed by atoms with Gasteiger partial charge in [0.2, 0.25) is 5.91 Å². The van der Waals surface area contributed by atoms with Crippen LogP contribution in [0, 0.1) is 5.92 Å². The third-order valence-corrected chi connectivity index (χ3v) is 4.72. The summed E-state index contributed by atoms with van der Waals surface area (Å²) in [6.45, 7) is 0.697. The zero-order valence-electron chi connectivity index (χ0n) is 14.1. The molecule has 1 aliphatic heterocycles. The number of piperidine rings is 1. The molecule has 5 nitrogen and oxygen atoms in total. The molecule has 0 radical (unpaired) electrons. The van der Waals surface area contributed by atoms with E-state index < -0.39 is 28.6 Å². The summed E-state index contributed by atoms with van der Waals surface area (Å²) >= 11 is 5.58. The lowest BCUT2D eigenvalue weighted by Crippen LogP contribution is -2.43. The average molecular weight is 401 g/mol. The molecule has 9 heteroatoms. The minimum atomic E-state index is -4.61. The molecular weight excluding hydrogens is 385 g/mol. The molecule has 2 aromatic rings. The monoisotopic (exact) mass is 400 g/mol. The van der Waals surface area contributed by atoms with E-state index in [0.717, 1.165) is 12.1 Å². The number of benzene rings is 1. The Labute approximate surface area is 158 Å². The predicted octanol–water partition coefficient (Wildman–Crippen LogP) is 4.44. The van der Waals surface area contributed by atoms with Gasteiger partial charge in [-0.15, -0.1) is 0 Å². The number of nitrogens with one attached hydrogen (secondary N) is 1. The number of anilines is 1. The number of rotatable bonds is 3. The normalized spacial score (nSPS) is 17.6. The summed E-state index contributed by atoms with van der Waals surface area (Å²) in [5.74, 6) is -1.19. The SMILES string of the molecule is O=C(Nc1ccc(Cl)c(C(F)(F)F)c1)[C@H]1CCCN(C(=O)c2ccoc2)C1. The molecule has 144 valence electrons. The standard InChI is InChI=1S/C18H16ClF3N2O3/c19-15-4-3-13(8-14(15)18(20,21)22)23-16(25)11-2-1-6-24(9-11)17(26)12-5-7-27-10-12/h3-5,7-8,10-11H,1-2,6,9H2,(H,23,25)/t11-/m0/s1. The van der Waals surface area contributed by atoms with Crippen molar-refractivity contribution in [3.8, 4) is 0 Å². The van der Waals surface area contributed by atoms with Crippen LogP contribution >= 0.6 is 11.6 Å². The van der Waals surface area contributed by atoms with Crippen LogP contribution in [-0.2, 0) is 11.0 Å². The molecule has 2 amide bonds. The van der Waals surface area contributed by atoms with Gasteiger partial charge >= 0.3 is 6.18 Å². The van der Waals surface area contributed by atoms with Crippen LogP contribution in [0.15, 0.2) is 41.2 Å². The van der Waals surface area contributed by atoms with E-state index in [2.05, 4.69) is 5.32 Å². The fraction of sp³-hybridized carbons (Fsp3) is 0.333. The second kappa shape index (κ2) is 7.64. The van der Waals surface area contributed by atoms with E-state index in [-0.39, 0.29) is 18.1 Å². The number of halogens is 4. The van der Waals surface area contributed by atoms with Crippen LogP contribution in [0.25, 0.3) is 0 Å². The van der Waals surface area contributed by atoms with Crippen molar-refractivity contribution in [2.45, 2.75) is 19.0 Å². The van der Waals surface area contributed by atoms with E-state index >= 15 is 0 Å². The molecule has 1 aromatic heterocycles. The van der Waals surface area contributed by atoms with Gasteiger partial charge in [0.15, 0.2) is 0 Å². The number of nitrogens with zero attached hydrogens (tertiary/aromatic N) is 1. The molecule has 0 aliphatic carbocycles. The molecule has 27 heavy (non-hydrogen) atoms. The topological polar surface area (TPSA) is 62.6 Å². The van der Waals surface area contributed by atoms with Crippen LogP contribution in [0.5, 0.6) is 0 Å². The van der Waals surface area contributed by atoms with Gasteiger partial charge in [0.1, 0.15) is 6.26 Å². The molecule has 0 unspecified atom stereocenters. The Hall–Kier alpha value is -2.48. The molecule has 3 rings (SSSR count). The van der Waals surface area contributed by atoms with Gasteiger partial charge < -0.3 is 14.6 Å². The van der Waals surface area contributed by atoms with Crippen LogP contribution in [0.3, 0.4) is 0 Å². The number of hydrogen-bond acceptors (Lipinski definition) is 3. The minimum absolute atomic E-state index is 0.00927. The van der Waals surface area contributed by atoms with E-state index in [9.17, 15) is 22.8 Å². The number of alkyl halides is 3. The first kappa shape index (κ1) is 19.3. The van der Waals surface area contributed by atoms with Crippen molar-refractivity contribution in [2.24, 2.45) is 5.92 Å². The highest BCUT2D eigenvalue weighted by molar-refractivity contribution is 6.31. The number of carbonyl (C=O) groups is 2. The molecular formula is C18H16ClF3N2O3. The molecule has 0 spiro atoms. The van der Waals surface area contributed by atoms with Gasteiger partial charge in [-0.25, -0.2) is 0 Å². The van der Waals surface area contributed by atoms with Gasteiger partial charge in [-0.05, 0) is 37.1 Å². The van der Waals surface area contributed by atoms with Crippen molar-refractivity contribution in [3.05, 3.63) is 52.9 Å². The molecule has 1 N–H and O–H groups in total. The lowest BCUT2D eigenvalue weighted by Gasteiger charge is -2.31. The van der Waals surface area contributed by atoms with Crippen LogP contribution in [0.4, 0.5) is 18.9 Å². The summed E-state index contributed by atoms with van der Waals surface area (Å²) in [4.78, 5) is 26.4. The average Bonchev–Trinajstić information content (AvgIpc) is 3.16. The fourth-order valence-electron chi connectivity index (χ4n) is 3.01. The maximum absolute atomic E-state index is 12.9. The lowest BCUT2D eigenvalue weighted by molar-refractivity contribution is -0.137. The van der Waals surface area contributed by atoms with Crippen molar-refractivity contribution >= 4 is 29.1 Å². The summed E-state index contributed by atoms with van der Waals surface area (Å²) in [5, 5.41) is 2.06. The Morgan fingerprint density at radius 3 is 2.70 bits per heavy atom. The first-order valence-corrected chi connectivity index (χ1v) is 8.62. The summed E-state index contributed by atoms with van der Waals surface area (Å²) in [7, 11) is 0. The molecule has 0 saturated carbocycles. The number of furan rings is 1. The Morgan fingerprint density at radius 2 is 2.04 bits per heavy atom. The van der Waals surface area contributed by atoms with Gasteiger partial charge in [0.25, 0.3) is 5.91 Å². The molecule has 1 atom stereocenters. The number of likely N-dealkylation sites (tertiary alicyclic amines) is 1. The molecule has 0 bridgehead atoms. The zero-order valence-corrected chi connectivity index (χ0v) is 14.8. The highest BCUT2D eigenvalue weighted by atomic mass is 35.5. The fourth-order valence-corrected chi connectivity index (χ4v) is 3.23. The molecule has 1 aliphatic rings. The van der Waals surface area contributed by atoms with Crippen molar-refractivity contribution in [3.63, 3.8) is 0 Å². The number of hydrogen-bond donors (Lipinski definition) is 1. The third-order valence-electron chi connectivity index (χ3n) is 4.39. The number of carbonyl (C=O) groups excluding carboxylic acids is 2.